The van der Waals surface area contributed by atoms with Crippen molar-refractivity contribution in [3.05, 3.63) is 261 Å². The topological polar surface area (TPSA) is 16.4 Å². The summed E-state index contributed by atoms with van der Waals surface area (Å²) in [7, 11) is -2.06. The molecule has 0 bridgehead atoms. The van der Waals surface area contributed by atoms with E-state index < -0.39 is 10.0 Å². The summed E-state index contributed by atoms with van der Waals surface area (Å²) in [6.07, 6.45) is 0. The van der Waals surface area contributed by atoms with E-state index in [1.54, 1.807) is 0 Å². The first-order valence-electron chi connectivity index (χ1n) is 22.2. The first-order chi connectivity index (χ1) is 32.3. The van der Waals surface area contributed by atoms with E-state index in [-0.39, 0.29) is 0 Å². The summed E-state index contributed by atoms with van der Waals surface area (Å²) in [5.41, 5.74) is 9.35. The van der Waals surface area contributed by atoms with Gasteiger partial charge >= 0.3 is 0 Å². The standard InChI is InChI=1S/C62H43NOS/c1-5-19-44(20-6-1)45-35-37-48(38-36-45)63(59-34-18-33-58-57-32-17-31-54(61(57)64-62(58)59)46-21-7-2-8-22-46)49-39-41-52(42-40-49)65(50-24-9-3-10-25-50,51-26-11-4-12-27-51)60-43-47-23-13-14-28-53(47)55-29-15-16-30-56(55)60/h1-43H. The van der Waals surface area contributed by atoms with Crippen molar-refractivity contribution in [2.24, 2.45) is 0 Å². The van der Waals surface area contributed by atoms with E-state index in [9.17, 15) is 0 Å². The van der Waals surface area contributed by atoms with Crippen molar-refractivity contribution in [3.8, 4) is 22.3 Å². The van der Waals surface area contributed by atoms with Crippen LogP contribution in [0.5, 0.6) is 0 Å². The molecule has 0 aliphatic carbocycles. The Morgan fingerprint density at radius 2 is 0.769 bits per heavy atom. The molecule has 1 heterocycles. The van der Waals surface area contributed by atoms with Gasteiger partial charge in [-0.15, -0.1) is 10.0 Å². The van der Waals surface area contributed by atoms with Crippen LogP contribution < -0.4 is 4.90 Å². The second-order valence-corrected chi connectivity index (χ2v) is 19.5. The fraction of sp³-hybridized carbons (Fsp3) is 0. The van der Waals surface area contributed by atoms with Crippen molar-refractivity contribution in [1.82, 2.24) is 0 Å². The zero-order chi connectivity index (χ0) is 43.2. The van der Waals surface area contributed by atoms with Gasteiger partial charge in [0, 0.05) is 47.3 Å². The molecule has 0 amide bonds. The number of fused-ring (bicyclic) bond motifs is 6. The van der Waals surface area contributed by atoms with E-state index in [4.69, 9.17) is 4.42 Å². The van der Waals surface area contributed by atoms with Crippen molar-refractivity contribution in [1.29, 1.82) is 0 Å². The van der Waals surface area contributed by atoms with E-state index in [1.807, 2.05) is 0 Å². The van der Waals surface area contributed by atoms with Crippen LogP contribution in [0.15, 0.2) is 285 Å². The van der Waals surface area contributed by atoms with Crippen LogP contribution in [0, 0.1) is 0 Å². The van der Waals surface area contributed by atoms with E-state index in [0.29, 0.717) is 0 Å². The molecular weight excluding hydrogens is 807 g/mol. The molecule has 11 aromatic carbocycles. The molecule has 0 spiro atoms. The molecule has 308 valence electrons. The van der Waals surface area contributed by atoms with Gasteiger partial charge in [-0.2, -0.15) is 0 Å². The fourth-order valence-corrected chi connectivity index (χ4v) is 13.9. The molecule has 0 saturated heterocycles. The number of nitrogens with zero attached hydrogens (tertiary/aromatic N) is 1. The monoisotopic (exact) mass is 849 g/mol. The number of hydrogen-bond acceptors (Lipinski definition) is 2. The highest BCUT2D eigenvalue weighted by atomic mass is 32.3. The highest BCUT2D eigenvalue weighted by Crippen LogP contribution is 2.75. The molecule has 12 rings (SSSR count). The van der Waals surface area contributed by atoms with E-state index >= 15 is 0 Å². The Morgan fingerprint density at radius 1 is 0.308 bits per heavy atom. The predicted octanol–water partition coefficient (Wildman–Crippen LogP) is 18.0. The van der Waals surface area contributed by atoms with Crippen LogP contribution in [0.1, 0.15) is 0 Å². The van der Waals surface area contributed by atoms with E-state index in [0.717, 1.165) is 50.1 Å². The molecule has 3 heteroatoms. The SMILES string of the molecule is c1ccc(-c2ccc(N(c3ccc(S(c4ccccc4)(c4ccccc4)c4cc5ccccc5c5ccccc45)cc3)c3cccc4c3oc3c(-c5ccccc5)cccc34)cc2)cc1. The fourth-order valence-electron chi connectivity index (χ4n) is 9.80. The molecule has 2 nitrogen and oxygen atoms in total. The summed E-state index contributed by atoms with van der Waals surface area (Å²) in [5, 5.41) is 7.21. The van der Waals surface area contributed by atoms with Gasteiger partial charge in [0.15, 0.2) is 5.58 Å². The van der Waals surface area contributed by atoms with Crippen LogP contribution in [0.4, 0.5) is 17.1 Å². The molecule has 0 radical (unpaired) electrons. The molecule has 1 aromatic heterocycles. The van der Waals surface area contributed by atoms with Crippen LogP contribution in [0.25, 0.3) is 65.7 Å². The van der Waals surface area contributed by atoms with Crippen LogP contribution in [0.2, 0.25) is 0 Å². The van der Waals surface area contributed by atoms with Crippen LogP contribution in [-0.2, 0) is 0 Å². The third-order valence-electron chi connectivity index (χ3n) is 12.8. The molecule has 65 heavy (non-hydrogen) atoms. The van der Waals surface area contributed by atoms with Gasteiger partial charge in [0.05, 0.1) is 5.69 Å². The van der Waals surface area contributed by atoms with Crippen LogP contribution >= 0.6 is 10.0 Å². The summed E-state index contributed by atoms with van der Waals surface area (Å²) in [6.45, 7) is 0. The Bertz CT molecular complexity index is 3580. The second-order valence-electron chi connectivity index (χ2n) is 16.4. The summed E-state index contributed by atoms with van der Waals surface area (Å²) in [5.74, 6) is 0. The van der Waals surface area contributed by atoms with E-state index in [2.05, 4.69) is 266 Å². The average molecular weight is 850 g/mol. The van der Waals surface area contributed by atoms with Gasteiger partial charge in [-0.3, -0.25) is 0 Å². The van der Waals surface area contributed by atoms with Gasteiger partial charge in [-0.05, 0) is 111 Å². The molecule has 12 aromatic rings. The molecule has 0 atom stereocenters. The largest absolute Gasteiger partial charge is 0.453 e. The Kier molecular flexibility index (Phi) is 9.62. The van der Waals surface area contributed by atoms with Gasteiger partial charge in [-0.25, -0.2) is 0 Å². The Hall–Kier alpha value is -8.11. The van der Waals surface area contributed by atoms with Gasteiger partial charge in [0.2, 0.25) is 0 Å². The average Bonchev–Trinajstić information content (AvgIpc) is 3.78. The third kappa shape index (κ3) is 6.51. The molecule has 0 aliphatic heterocycles. The van der Waals surface area contributed by atoms with Crippen molar-refractivity contribution in [3.63, 3.8) is 0 Å². The molecule has 0 aliphatic rings. The molecule has 0 N–H and O–H groups in total. The number of anilines is 3. The molecule has 0 saturated carbocycles. The van der Waals surface area contributed by atoms with Crippen molar-refractivity contribution in [2.45, 2.75) is 19.6 Å². The van der Waals surface area contributed by atoms with Gasteiger partial charge in [0.25, 0.3) is 0 Å². The number of rotatable bonds is 9. The van der Waals surface area contributed by atoms with Gasteiger partial charge < -0.3 is 9.32 Å². The summed E-state index contributed by atoms with van der Waals surface area (Å²) < 4.78 is 7.08. The minimum Gasteiger partial charge on any atom is -0.453 e. The normalized spacial score (nSPS) is 11.9. The number of hydrogen-bond donors (Lipinski definition) is 0. The van der Waals surface area contributed by atoms with Crippen molar-refractivity contribution < 1.29 is 4.42 Å². The summed E-state index contributed by atoms with van der Waals surface area (Å²) in [6, 6.07) is 95.0. The molecule has 0 fully saturated rings. The maximum Gasteiger partial charge on any atom is 0.159 e. The van der Waals surface area contributed by atoms with Crippen molar-refractivity contribution >= 4 is 70.6 Å². The van der Waals surface area contributed by atoms with Gasteiger partial charge in [0.1, 0.15) is 5.58 Å². The van der Waals surface area contributed by atoms with Crippen LogP contribution in [-0.4, -0.2) is 0 Å². The maximum atomic E-state index is 7.08. The smallest absolute Gasteiger partial charge is 0.159 e. The Labute approximate surface area is 380 Å². The lowest BCUT2D eigenvalue weighted by molar-refractivity contribution is 0.670. The predicted molar refractivity (Wildman–Crippen MR) is 274 cm³/mol. The van der Waals surface area contributed by atoms with Gasteiger partial charge in [-0.1, -0.05) is 188 Å². The number of furan rings is 1. The summed E-state index contributed by atoms with van der Waals surface area (Å²) in [4.78, 5) is 7.52. The minimum atomic E-state index is -2.06. The van der Waals surface area contributed by atoms with E-state index in [1.165, 1.54) is 52.3 Å². The quantitative estimate of drug-likeness (QED) is 0.135. The van der Waals surface area contributed by atoms with Crippen molar-refractivity contribution in [2.75, 3.05) is 4.90 Å². The second kappa shape index (κ2) is 16.2. The van der Waals surface area contributed by atoms with Crippen LogP contribution in [0.3, 0.4) is 0 Å². The zero-order valence-electron chi connectivity index (χ0n) is 35.6. The molecular formula is C62H43NOS. The number of benzene rings is 11. The highest BCUT2D eigenvalue weighted by Gasteiger charge is 2.35. The first-order valence-corrected chi connectivity index (χ1v) is 23.8. The lowest BCUT2D eigenvalue weighted by atomic mass is 10.0. The Balaban J connectivity index is 1.10. The zero-order valence-corrected chi connectivity index (χ0v) is 36.4. The maximum absolute atomic E-state index is 7.08. The Morgan fingerprint density at radius 3 is 1.42 bits per heavy atom. The number of para-hydroxylation sites is 2. The minimum absolute atomic E-state index is 0.846. The lowest BCUT2D eigenvalue weighted by Crippen LogP contribution is -2.11. The lowest BCUT2D eigenvalue weighted by Gasteiger charge is -2.43. The third-order valence-corrected chi connectivity index (χ3v) is 16.7. The first kappa shape index (κ1) is 38.6. The highest BCUT2D eigenvalue weighted by molar-refractivity contribution is 8.34. The molecule has 0 unspecified atom stereocenters. The summed E-state index contributed by atoms with van der Waals surface area (Å²) >= 11 is 0.